The van der Waals surface area contributed by atoms with Crippen molar-refractivity contribution in [1.82, 2.24) is 10.3 Å². The van der Waals surface area contributed by atoms with Crippen LogP contribution in [0, 0.1) is 0 Å². The molecule has 0 bridgehead atoms. The van der Waals surface area contributed by atoms with E-state index in [2.05, 4.69) is 50.5 Å². The van der Waals surface area contributed by atoms with Crippen molar-refractivity contribution in [2.75, 3.05) is 6.54 Å². The largest absolute Gasteiger partial charge is 0.385 e. The summed E-state index contributed by atoms with van der Waals surface area (Å²) in [6.07, 6.45) is 1.04. The van der Waals surface area contributed by atoms with Gasteiger partial charge in [0.15, 0.2) is 0 Å². The summed E-state index contributed by atoms with van der Waals surface area (Å²) in [5.41, 5.74) is 2.99. The molecule has 2 N–H and O–H groups in total. The first-order valence-electron chi connectivity index (χ1n) is 7.87. The molecule has 1 aromatic heterocycles. The highest BCUT2D eigenvalue weighted by Gasteiger charge is 2.16. The van der Waals surface area contributed by atoms with Crippen LogP contribution in [0.3, 0.4) is 0 Å². The first-order chi connectivity index (χ1) is 11.7. The first kappa shape index (κ1) is 16.8. The van der Waals surface area contributed by atoms with Gasteiger partial charge in [0, 0.05) is 17.2 Å². The Balaban J connectivity index is 1.76. The van der Waals surface area contributed by atoms with E-state index in [1.54, 1.807) is 6.20 Å². The molecule has 24 heavy (non-hydrogen) atoms. The zero-order chi connectivity index (χ0) is 16.8. The van der Waals surface area contributed by atoms with Crippen molar-refractivity contribution in [1.29, 1.82) is 0 Å². The van der Waals surface area contributed by atoms with Crippen LogP contribution in [0.15, 0.2) is 83.5 Å². The number of nitrogens with zero attached hydrogens (tertiary/aromatic N) is 1. The number of hydrogen-bond donors (Lipinski definition) is 2. The molecule has 122 valence electrons. The van der Waals surface area contributed by atoms with Gasteiger partial charge in [-0.1, -0.05) is 60.7 Å². The Labute approximate surface area is 150 Å². The summed E-state index contributed by atoms with van der Waals surface area (Å²) in [5, 5.41) is 13.9. The summed E-state index contributed by atoms with van der Waals surface area (Å²) < 4.78 is 0.901. The van der Waals surface area contributed by atoms with Gasteiger partial charge in [0.2, 0.25) is 0 Å². The van der Waals surface area contributed by atoms with Crippen molar-refractivity contribution in [2.24, 2.45) is 0 Å². The molecule has 1 unspecified atom stereocenters. The first-order valence-corrected chi connectivity index (χ1v) is 8.66. The number of nitrogens with one attached hydrogen (secondary N) is 1. The number of halogens is 1. The molecule has 0 amide bonds. The van der Waals surface area contributed by atoms with Crippen molar-refractivity contribution in [3.8, 4) is 0 Å². The number of benzene rings is 2. The van der Waals surface area contributed by atoms with Gasteiger partial charge in [-0.2, -0.15) is 0 Å². The Morgan fingerprint density at radius 2 is 1.46 bits per heavy atom. The molecule has 0 aliphatic heterocycles. The van der Waals surface area contributed by atoms with E-state index in [1.807, 2.05) is 48.5 Å². The van der Waals surface area contributed by atoms with Gasteiger partial charge in [0.1, 0.15) is 6.10 Å². The van der Waals surface area contributed by atoms with Crippen LogP contribution in [-0.2, 0) is 0 Å². The molecule has 0 fully saturated rings. The molecule has 0 aliphatic carbocycles. The lowest BCUT2D eigenvalue weighted by Gasteiger charge is -2.21. The number of aliphatic hydroxyl groups is 1. The number of hydrogen-bond acceptors (Lipinski definition) is 3. The van der Waals surface area contributed by atoms with E-state index in [4.69, 9.17) is 0 Å². The minimum Gasteiger partial charge on any atom is -0.385 e. The van der Waals surface area contributed by atoms with Gasteiger partial charge in [-0.3, -0.25) is 4.98 Å². The molecule has 3 rings (SSSR count). The SMILES string of the molecule is OC(CNC(c1ccccc1)c1ccccc1)c1ccc(Br)cn1. The molecule has 3 nitrogen and oxygen atoms in total. The number of aliphatic hydroxyl groups excluding tert-OH is 1. The lowest BCUT2D eigenvalue weighted by molar-refractivity contribution is 0.167. The van der Waals surface area contributed by atoms with Crippen LogP contribution in [0.2, 0.25) is 0 Å². The van der Waals surface area contributed by atoms with E-state index in [9.17, 15) is 5.11 Å². The Morgan fingerprint density at radius 3 is 1.96 bits per heavy atom. The van der Waals surface area contributed by atoms with Crippen LogP contribution in [-0.4, -0.2) is 16.6 Å². The summed E-state index contributed by atoms with van der Waals surface area (Å²) in [6, 6.07) is 24.2. The maximum Gasteiger partial charge on any atom is 0.108 e. The Hall–Kier alpha value is -2.01. The number of aromatic nitrogens is 1. The van der Waals surface area contributed by atoms with E-state index >= 15 is 0 Å². The topological polar surface area (TPSA) is 45.1 Å². The Bertz CT molecular complexity index is 708. The van der Waals surface area contributed by atoms with Crippen molar-refractivity contribution in [2.45, 2.75) is 12.1 Å². The van der Waals surface area contributed by atoms with Gasteiger partial charge >= 0.3 is 0 Å². The maximum absolute atomic E-state index is 10.4. The fraction of sp³-hybridized carbons (Fsp3) is 0.150. The van der Waals surface area contributed by atoms with Crippen LogP contribution < -0.4 is 5.32 Å². The molecule has 0 spiro atoms. The third-order valence-electron chi connectivity index (χ3n) is 3.87. The molecule has 0 aliphatic rings. The summed E-state index contributed by atoms with van der Waals surface area (Å²) in [4.78, 5) is 4.26. The van der Waals surface area contributed by atoms with Crippen LogP contribution in [0.25, 0.3) is 0 Å². The molecular formula is C20H19BrN2O. The van der Waals surface area contributed by atoms with Crippen molar-refractivity contribution < 1.29 is 5.11 Å². The molecule has 3 aromatic rings. The van der Waals surface area contributed by atoms with Gasteiger partial charge in [0.25, 0.3) is 0 Å². The second-order valence-electron chi connectivity index (χ2n) is 5.58. The Kier molecular flexibility index (Phi) is 5.75. The summed E-state index contributed by atoms with van der Waals surface area (Å²) >= 11 is 3.36. The van der Waals surface area contributed by atoms with Gasteiger partial charge in [-0.15, -0.1) is 0 Å². The molecule has 1 heterocycles. The van der Waals surface area contributed by atoms with Crippen molar-refractivity contribution in [3.05, 3.63) is 100 Å². The summed E-state index contributed by atoms with van der Waals surface area (Å²) in [6.45, 7) is 0.420. The Morgan fingerprint density at radius 1 is 0.875 bits per heavy atom. The predicted molar refractivity (Wildman–Crippen MR) is 99.6 cm³/mol. The van der Waals surface area contributed by atoms with Crippen molar-refractivity contribution >= 4 is 15.9 Å². The third-order valence-corrected chi connectivity index (χ3v) is 4.34. The second kappa shape index (κ2) is 8.20. The third kappa shape index (κ3) is 4.29. The maximum atomic E-state index is 10.4. The minimum atomic E-state index is -0.659. The fourth-order valence-corrected chi connectivity index (χ4v) is 2.87. The van der Waals surface area contributed by atoms with Gasteiger partial charge in [0.05, 0.1) is 11.7 Å². The normalized spacial score (nSPS) is 12.3. The van der Waals surface area contributed by atoms with E-state index in [0.29, 0.717) is 12.2 Å². The quantitative estimate of drug-likeness (QED) is 0.669. The molecule has 0 saturated heterocycles. The van der Waals surface area contributed by atoms with Gasteiger partial charge in [-0.05, 0) is 39.2 Å². The zero-order valence-electron chi connectivity index (χ0n) is 13.1. The minimum absolute atomic E-state index is 0.0255. The number of rotatable bonds is 6. The highest BCUT2D eigenvalue weighted by molar-refractivity contribution is 9.10. The molecule has 4 heteroatoms. The van der Waals surface area contributed by atoms with E-state index < -0.39 is 6.10 Å². The molecule has 0 radical (unpaired) electrons. The second-order valence-corrected chi connectivity index (χ2v) is 6.50. The molecule has 2 aromatic carbocycles. The van der Waals surface area contributed by atoms with Gasteiger partial charge < -0.3 is 10.4 Å². The van der Waals surface area contributed by atoms with E-state index in [-0.39, 0.29) is 6.04 Å². The van der Waals surface area contributed by atoms with Crippen molar-refractivity contribution in [3.63, 3.8) is 0 Å². The fourth-order valence-electron chi connectivity index (χ4n) is 2.64. The average Bonchev–Trinajstić information content (AvgIpc) is 2.64. The van der Waals surface area contributed by atoms with Crippen LogP contribution in [0.5, 0.6) is 0 Å². The monoisotopic (exact) mass is 382 g/mol. The van der Waals surface area contributed by atoms with Crippen LogP contribution in [0.1, 0.15) is 29.0 Å². The van der Waals surface area contributed by atoms with Gasteiger partial charge in [-0.25, -0.2) is 0 Å². The van der Waals surface area contributed by atoms with E-state index in [0.717, 1.165) is 4.47 Å². The molecular weight excluding hydrogens is 364 g/mol. The highest BCUT2D eigenvalue weighted by atomic mass is 79.9. The van der Waals surface area contributed by atoms with Crippen LogP contribution >= 0.6 is 15.9 Å². The zero-order valence-corrected chi connectivity index (χ0v) is 14.7. The van der Waals surface area contributed by atoms with Crippen LogP contribution in [0.4, 0.5) is 0 Å². The smallest absolute Gasteiger partial charge is 0.108 e. The predicted octanol–water partition coefficient (Wildman–Crippen LogP) is 4.26. The molecule has 0 saturated carbocycles. The lowest BCUT2D eigenvalue weighted by atomic mass is 9.98. The number of pyridine rings is 1. The standard InChI is InChI=1S/C20H19BrN2O/c21-17-11-12-18(22-13-17)19(24)14-23-20(15-7-3-1-4-8-15)16-9-5-2-6-10-16/h1-13,19-20,23-24H,14H2. The lowest BCUT2D eigenvalue weighted by Crippen LogP contribution is -2.27. The summed E-state index contributed by atoms with van der Waals surface area (Å²) in [5.74, 6) is 0. The summed E-state index contributed by atoms with van der Waals surface area (Å²) in [7, 11) is 0. The van der Waals surface area contributed by atoms with E-state index in [1.165, 1.54) is 11.1 Å². The highest BCUT2D eigenvalue weighted by Crippen LogP contribution is 2.22. The molecule has 1 atom stereocenters. The average molecular weight is 383 g/mol.